The fourth-order valence-electron chi connectivity index (χ4n) is 6.82. The van der Waals surface area contributed by atoms with Crippen molar-refractivity contribution in [2.75, 3.05) is 0 Å². The molecular weight excluding hydrogens is 627 g/mol. The molecule has 0 fully saturated rings. The molecule has 0 spiro atoms. The second-order valence-electron chi connectivity index (χ2n) is 12.0. The van der Waals surface area contributed by atoms with Gasteiger partial charge in [0.15, 0.2) is 0 Å². The maximum atomic E-state index is 9.37. The Hall–Kier alpha value is -6.41. The number of fused-ring (bicyclic) bond motifs is 9. The van der Waals surface area contributed by atoms with Crippen molar-refractivity contribution in [1.29, 1.82) is 16.1 Å². The summed E-state index contributed by atoms with van der Waals surface area (Å²) in [6.07, 6.45) is 0. The van der Waals surface area contributed by atoms with E-state index in [1.165, 1.54) is 63.6 Å². The smallest absolute Gasteiger partial charge is 0.0992 e. The van der Waals surface area contributed by atoms with Crippen molar-refractivity contribution in [3.63, 3.8) is 0 Å². The standard InChI is InChI=1S/C32H19NS.C13H11N.CH3N/c1-19-14-20(18-33)15-31-32(19)29-17-22(11-13-30(29)34-31)21-10-12-27-25-8-3-2-6-23(25)24-7-4-5-9-26(24)28(27)16-21;14-13(11-7-3-1-4-8-11)12-9-5-2-6-10-12;1-2/h2-17H,1H3;1-10,14H;2H,1H2. The van der Waals surface area contributed by atoms with E-state index in [0.29, 0.717) is 5.71 Å². The Morgan fingerprint density at radius 1 is 0.520 bits per heavy atom. The van der Waals surface area contributed by atoms with Crippen LogP contribution in [0.15, 0.2) is 158 Å². The fraction of sp³-hybridized carbons (Fsp3) is 0.0217. The van der Waals surface area contributed by atoms with Crippen LogP contribution in [0.25, 0.3) is 63.6 Å². The van der Waals surface area contributed by atoms with Gasteiger partial charge in [-0.3, -0.25) is 5.41 Å². The molecule has 9 rings (SSSR count). The molecule has 2 N–H and O–H groups in total. The summed E-state index contributed by atoms with van der Waals surface area (Å²) in [5.74, 6) is 0. The lowest BCUT2D eigenvalue weighted by Crippen LogP contribution is -1.99. The molecule has 0 aliphatic rings. The molecule has 0 bridgehead atoms. The van der Waals surface area contributed by atoms with Gasteiger partial charge in [0.1, 0.15) is 0 Å². The highest BCUT2D eigenvalue weighted by Crippen LogP contribution is 2.41. The topological polar surface area (TPSA) is 71.5 Å². The summed E-state index contributed by atoms with van der Waals surface area (Å²) in [5, 5.41) is 33.1. The van der Waals surface area contributed by atoms with Gasteiger partial charge >= 0.3 is 0 Å². The molecule has 4 heteroatoms. The van der Waals surface area contributed by atoms with Gasteiger partial charge in [-0.2, -0.15) is 5.26 Å². The number of nitrogens with zero attached hydrogens (tertiary/aromatic N) is 1. The summed E-state index contributed by atoms with van der Waals surface area (Å²) in [6, 6.07) is 56.9. The molecule has 0 aliphatic carbocycles. The van der Waals surface area contributed by atoms with Crippen LogP contribution in [0.4, 0.5) is 0 Å². The third-order valence-electron chi connectivity index (χ3n) is 9.10. The highest BCUT2D eigenvalue weighted by molar-refractivity contribution is 7.25. The number of aryl methyl sites for hydroxylation is 1. The van der Waals surface area contributed by atoms with Crippen molar-refractivity contribution >= 4 is 76.3 Å². The number of hydrogen-bond acceptors (Lipinski definition) is 4. The molecule has 8 aromatic carbocycles. The molecule has 50 heavy (non-hydrogen) atoms. The molecular formula is C46H33N3S. The minimum absolute atomic E-state index is 0.575. The Kier molecular flexibility index (Phi) is 8.99. The molecule has 1 aromatic heterocycles. The predicted octanol–water partition coefficient (Wildman–Crippen LogP) is 12.7. The van der Waals surface area contributed by atoms with Crippen LogP contribution >= 0.6 is 11.3 Å². The molecule has 238 valence electrons. The first kappa shape index (κ1) is 32.2. The molecule has 0 radical (unpaired) electrons. The molecule has 1 heterocycles. The van der Waals surface area contributed by atoms with Gasteiger partial charge in [-0.25, -0.2) is 0 Å². The van der Waals surface area contributed by atoms with E-state index < -0.39 is 0 Å². The highest BCUT2D eigenvalue weighted by Gasteiger charge is 2.13. The zero-order chi connectivity index (χ0) is 34.6. The molecule has 0 saturated carbocycles. The minimum Gasteiger partial charge on any atom is -0.317 e. The Bertz CT molecular complexity index is 2640. The SMILES string of the molecule is C=N.Cc1cc(C#N)cc2sc3ccc(-c4ccc5c6ccccc6c6ccccc6c5c4)cc3c12.N=C(c1ccccc1)c1ccccc1. The van der Waals surface area contributed by atoms with Gasteiger partial charge in [0, 0.05) is 20.2 Å². The zero-order valence-electron chi connectivity index (χ0n) is 27.6. The van der Waals surface area contributed by atoms with E-state index in [1.807, 2.05) is 72.8 Å². The lowest BCUT2D eigenvalue weighted by Gasteiger charge is -2.12. The number of nitriles is 1. The third-order valence-corrected chi connectivity index (χ3v) is 10.2. The molecule has 9 aromatic rings. The molecule has 0 amide bonds. The maximum absolute atomic E-state index is 9.37. The second kappa shape index (κ2) is 14.0. The molecule has 0 saturated heterocycles. The number of hydrogen-bond donors (Lipinski definition) is 2. The maximum Gasteiger partial charge on any atom is 0.0992 e. The monoisotopic (exact) mass is 659 g/mol. The van der Waals surface area contributed by atoms with E-state index in [9.17, 15) is 5.26 Å². The van der Waals surface area contributed by atoms with Gasteiger partial charge in [0.2, 0.25) is 0 Å². The first-order chi connectivity index (χ1) is 24.6. The Morgan fingerprint density at radius 2 is 0.980 bits per heavy atom. The van der Waals surface area contributed by atoms with Crippen molar-refractivity contribution in [2.45, 2.75) is 6.92 Å². The lowest BCUT2D eigenvalue weighted by molar-refractivity contribution is 1.46. The number of thiophene rings is 1. The number of benzene rings is 8. The van der Waals surface area contributed by atoms with Crippen molar-refractivity contribution in [2.24, 2.45) is 0 Å². The van der Waals surface area contributed by atoms with Gasteiger partial charge in [-0.05, 0) is 104 Å². The Balaban J connectivity index is 0.000000206. The molecule has 3 nitrogen and oxygen atoms in total. The fourth-order valence-corrected chi connectivity index (χ4v) is 8.02. The van der Waals surface area contributed by atoms with Gasteiger partial charge in [-0.1, -0.05) is 127 Å². The van der Waals surface area contributed by atoms with Crippen LogP contribution in [0.3, 0.4) is 0 Å². The van der Waals surface area contributed by atoms with Gasteiger partial charge in [0.05, 0.1) is 17.3 Å². The lowest BCUT2D eigenvalue weighted by atomic mass is 9.92. The molecule has 0 unspecified atom stereocenters. The van der Waals surface area contributed by atoms with E-state index in [0.717, 1.165) is 22.3 Å². The van der Waals surface area contributed by atoms with Crippen LogP contribution in [-0.2, 0) is 0 Å². The minimum atomic E-state index is 0.575. The highest BCUT2D eigenvalue weighted by atomic mass is 32.1. The van der Waals surface area contributed by atoms with Crippen molar-refractivity contribution in [3.05, 3.63) is 180 Å². The van der Waals surface area contributed by atoms with Crippen molar-refractivity contribution in [1.82, 2.24) is 0 Å². The van der Waals surface area contributed by atoms with Crippen LogP contribution < -0.4 is 0 Å². The van der Waals surface area contributed by atoms with Crippen molar-refractivity contribution in [3.8, 4) is 17.2 Å². The Labute approximate surface area is 295 Å². The van der Waals surface area contributed by atoms with Crippen LogP contribution in [-0.4, -0.2) is 12.4 Å². The summed E-state index contributed by atoms with van der Waals surface area (Å²) in [7, 11) is 0. The first-order valence-corrected chi connectivity index (χ1v) is 17.2. The normalized spacial score (nSPS) is 10.7. The molecule has 0 atom stereocenters. The van der Waals surface area contributed by atoms with Crippen LogP contribution in [0.1, 0.15) is 22.3 Å². The summed E-state index contributed by atoms with van der Waals surface area (Å²) in [5.41, 5.74) is 6.82. The van der Waals surface area contributed by atoms with E-state index in [-0.39, 0.29) is 0 Å². The number of rotatable bonds is 3. The summed E-state index contributed by atoms with van der Waals surface area (Å²) in [4.78, 5) is 0. The van der Waals surface area contributed by atoms with E-state index in [2.05, 4.69) is 105 Å². The predicted molar refractivity (Wildman–Crippen MR) is 215 cm³/mol. The van der Waals surface area contributed by atoms with Gasteiger partial charge < -0.3 is 5.41 Å². The van der Waals surface area contributed by atoms with E-state index >= 15 is 0 Å². The van der Waals surface area contributed by atoms with Crippen LogP contribution in [0, 0.1) is 29.1 Å². The van der Waals surface area contributed by atoms with Crippen molar-refractivity contribution < 1.29 is 0 Å². The summed E-state index contributed by atoms with van der Waals surface area (Å²) in [6.45, 7) is 4.61. The summed E-state index contributed by atoms with van der Waals surface area (Å²) < 4.78 is 2.44. The largest absolute Gasteiger partial charge is 0.317 e. The number of nitrogens with one attached hydrogen (secondary N) is 2. The average Bonchev–Trinajstić information content (AvgIpc) is 3.57. The van der Waals surface area contributed by atoms with Gasteiger partial charge in [-0.15, -0.1) is 11.3 Å². The Morgan fingerprint density at radius 3 is 1.52 bits per heavy atom. The van der Waals surface area contributed by atoms with Gasteiger partial charge in [0.25, 0.3) is 0 Å². The average molecular weight is 660 g/mol. The quantitative estimate of drug-likeness (QED) is 0.144. The van der Waals surface area contributed by atoms with E-state index in [4.69, 9.17) is 10.8 Å². The second-order valence-corrected chi connectivity index (χ2v) is 13.1. The first-order valence-electron chi connectivity index (χ1n) is 16.3. The third kappa shape index (κ3) is 5.92. The van der Waals surface area contributed by atoms with E-state index in [1.54, 1.807) is 11.3 Å². The molecule has 0 aliphatic heterocycles. The summed E-state index contributed by atoms with van der Waals surface area (Å²) >= 11 is 1.76. The zero-order valence-corrected chi connectivity index (χ0v) is 28.4. The van der Waals surface area contributed by atoms with Crippen LogP contribution in [0.2, 0.25) is 0 Å². The van der Waals surface area contributed by atoms with Crippen LogP contribution in [0.5, 0.6) is 0 Å².